The molecule has 2 rings (SSSR count). The van der Waals surface area contributed by atoms with Crippen LogP contribution in [0.2, 0.25) is 0 Å². The van der Waals surface area contributed by atoms with Gasteiger partial charge >= 0.3 is 0 Å². The fourth-order valence-electron chi connectivity index (χ4n) is 2.34. The third-order valence-corrected chi connectivity index (χ3v) is 3.37. The number of aromatic nitrogens is 1. The number of nitrogens with zero attached hydrogens (tertiary/aromatic N) is 3. The van der Waals surface area contributed by atoms with Gasteiger partial charge in [0.05, 0.1) is 6.61 Å². The fourth-order valence-corrected chi connectivity index (χ4v) is 2.34. The van der Waals surface area contributed by atoms with E-state index in [9.17, 15) is 4.79 Å². The lowest BCUT2D eigenvalue weighted by Crippen LogP contribution is -2.32. The van der Waals surface area contributed by atoms with Gasteiger partial charge in [-0.05, 0) is 25.1 Å². The van der Waals surface area contributed by atoms with Gasteiger partial charge in [-0.1, -0.05) is 0 Å². The van der Waals surface area contributed by atoms with Gasteiger partial charge in [-0.15, -0.1) is 0 Å². The Morgan fingerprint density at radius 2 is 2.21 bits per heavy atom. The van der Waals surface area contributed by atoms with Gasteiger partial charge < -0.3 is 15.7 Å². The van der Waals surface area contributed by atoms with E-state index in [0.29, 0.717) is 5.69 Å². The highest BCUT2D eigenvalue weighted by Gasteiger charge is 2.15. The molecule has 2 heterocycles. The summed E-state index contributed by atoms with van der Waals surface area (Å²) in [6.07, 6.45) is 2.65. The summed E-state index contributed by atoms with van der Waals surface area (Å²) in [5, 5.41) is 8.98. The van der Waals surface area contributed by atoms with E-state index in [1.54, 1.807) is 12.3 Å². The third kappa shape index (κ3) is 3.65. The van der Waals surface area contributed by atoms with Crippen molar-refractivity contribution >= 4 is 11.6 Å². The summed E-state index contributed by atoms with van der Waals surface area (Å²) >= 11 is 0. The summed E-state index contributed by atoms with van der Waals surface area (Å²) in [7, 11) is 0. The molecule has 1 fully saturated rings. The van der Waals surface area contributed by atoms with Crippen molar-refractivity contribution in [2.75, 3.05) is 44.2 Å². The number of primary amides is 1. The number of hydrogen-bond acceptors (Lipinski definition) is 5. The second-order valence-corrected chi connectivity index (χ2v) is 4.67. The number of hydrogen-bond donors (Lipinski definition) is 2. The third-order valence-electron chi connectivity index (χ3n) is 3.37. The van der Waals surface area contributed by atoms with Gasteiger partial charge in [-0.2, -0.15) is 0 Å². The number of amides is 1. The molecule has 1 amide bonds. The van der Waals surface area contributed by atoms with Crippen molar-refractivity contribution in [3.05, 3.63) is 24.0 Å². The molecule has 19 heavy (non-hydrogen) atoms. The lowest BCUT2D eigenvalue weighted by Gasteiger charge is -2.23. The van der Waals surface area contributed by atoms with Crippen molar-refractivity contribution in [3.8, 4) is 0 Å². The molecule has 1 aromatic rings. The smallest absolute Gasteiger partial charge is 0.267 e. The van der Waals surface area contributed by atoms with Crippen molar-refractivity contribution < 1.29 is 9.90 Å². The van der Waals surface area contributed by atoms with Crippen LogP contribution in [0.1, 0.15) is 16.9 Å². The van der Waals surface area contributed by atoms with Crippen molar-refractivity contribution in [1.29, 1.82) is 0 Å². The lowest BCUT2D eigenvalue weighted by atomic mass is 10.2. The van der Waals surface area contributed by atoms with E-state index in [4.69, 9.17) is 10.8 Å². The molecule has 6 nitrogen and oxygen atoms in total. The number of aliphatic hydroxyl groups is 1. The molecule has 1 aliphatic heterocycles. The van der Waals surface area contributed by atoms with Crippen LogP contribution in [0, 0.1) is 0 Å². The summed E-state index contributed by atoms with van der Waals surface area (Å²) in [5.41, 5.74) is 6.53. The number of carbonyl (C=O) groups excluding carboxylic acids is 1. The highest BCUT2D eigenvalue weighted by atomic mass is 16.3. The van der Waals surface area contributed by atoms with E-state index in [1.165, 1.54) is 0 Å². The number of carbonyl (C=O) groups is 1. The Hall–Kier alpha value is -1.66. The van der Waals surface area contributed by atoms with Crippen LogP contribution in [0.5, 0.6) is 0 Å². The molecule has 3 N–H and O–H groups in total. The SMILES string of the molecule is NC(=O)c1cc(N2CCCN(CCO)CC2)ccn1. The average molecular weight is 264 g/mol. The maximum atomic E-state index is 11.1. The maximum Gasteiger partial charge on any atom is 0.267 e. The van der Waals surface area contributed by atoms with Crippen LogP contribution >= 0.6 is 0 Å². The zero-order chi connectivity index (χ0) is 13.7. The molecule has 6 heteroatoms. The summed E-state index contributed by atoms with van der Waals surface area (Å²) < 4.78 is 0. The number of β-amino-alcohol motifs (C(OH)–C–C–N with tert-alkyl or cyclic N) is 1. The zero-order valence-electron chi connectivity index (χ0n) is 11.0. The Morgan fingerprint density at radius 1 is 1.37 bits per heavy atom. The maximum absolute atomic E-state index is 11.1. The van der Waals surface area contributed by atoms with Crippen LogP contribution in [0.15, 0.2) is 18.3 Å². The number of aliphatic hydroxyl groups excluding tert-OH is 1. The van der Waals surface area contributed by atoms with Crippen molar-refractivity contribution in [2.24, 2.45) is 5.73 Å². The zero-order valence-corrected chi connectivity index (χ0v) is 11.0. The fraction of sp³-hybridized carbons (Fsp3) is 0.538. The molecular formula is C13H20N4O2. The molecule has 1 aromatic heterocycles. The van der Waals surface area contributed by atoms with E-state index in [0.717, 1.165) is 44.8 Å². The van der Waals surface area contributed by atoms with E-state index >= 15 is 0 Å². The van der Waals surface area contributed by atoms with Gasteiger partial charge in [0, 0.05) is 38.1 Å². The number of anilines is 1. The van der Waals surface area contributed by atoms with E-state index < -0.39 is 5.91 Å². The van der Waals surface area contributed by atoms with Crippen LogP contribution in [0.25, 0.3) is 0 Å². The largest absolute Gasteiger partial charge is 0.395 e. The minimum atomic E-state index is -0.501. The predicted molar refractivity (Wildman–Crippen MR) is 73.1 cm³/mol. The van der Waals surface area contributed by atoms with E-state index in [2.05, 4.69) is 14.8 Å². The molecule has 0 aliphatic carbocycles. The first-order valence-corrected chi connectivity index (χ1v) is 6.54. The van der Waals surface area contributed by atoms with E-state index in [1.807, 2.05) is 6.07 Å². The summed E-state index contributed by atoms with van der Waals surface area (Å²) in [6, 6.07) is 3.64. The van der Waals surface area contributed by atoms with Gasteiger partial charge in [-0.3, -0.25) is 14.7 Å². The Bertz CT molecular complexity index is 438. The Morgan fingerprint density at radius 3 is 2.95 bits per heavy atom. The van der Waals surface area contributed by atoms with Crippen molar-refractivity contribution in [1.82, 2.24) is 9.88 Å². The lowest BCUT2D eigenvalue weighted by molar-refractivity contribution is 0.0995. The normalized spacial score (nSPS) is 17.2. The Labute approximate surface area is 112 Å². The second-order valence-electron chi connectivity index (χ2n) is 4.67. The van der Waals surface area contributed by atoms with Crippen molar-refractivity contribution in [2.45, 2.75) is 6.42 Å². The average Bonchev–Trinajstić information content (AvgIpc) is 2.65. The van der Waals surface area contributed by atoms with Crippen LogP contribution < -0.4 is 10.6 Å². The second kappa shape index (κ2) is 6.49. The predicted octanol–water partition coefficient (Wildman–Crippen LogP) is -0.315. The quantitative estimate of drug-likeness (QED) is 0.779. The van der Waals surface area contributed by atoms with Crippen molar-refractivity contribution in [3.63, 3.8) is 0 Å². The molecule has 0 bridgehead atoms. The van der Waals surface area contributed by atoms with Crippen LogP contribution in [0.4, 0.5) is 5.69 Å². The van der Waals surface area contributed by atoms with E-state index in [-0.39, 0.29) is 6.61 Å². The van der Waals surface area contributed by atoms with Gasteiger partial charge in [0.2, 0.25) is 0 Å². The summed E-state index contributed by atoms with van der Waals surface area (Å²) in [4.78, 5) is 19.6. The molecule has 0 unspecified atom stereocenters. The molecule has 104 valence electrons. The van der Waals surface area contributed by atoms with Gasteiger partial charge in [0.15, 0.2) is 0 Å². The Kier molecular flexibility index (Phi) is 4.70. The molecular weight excluding hydrogens is 244 g/mol. The molecule has 0 aromatic carbocycles. The number of nitrogens with two attached hydrogens (primary N) is 1. The summed E-state index contributed by atoms with van der Waals surface area (Å²) in [5.74, 6) is -0.501. The standard InChI is InChI=1S/C13H20N4O2/c14-13(19)12-10-11(2-3-15-12)17-5-1-4-16(6-7-17)8-9-18/h2-3,10,18H,1,4-9H2,(H2,14,19). The van der Waals surface area contributed by atoms with Crippen LogP contribution in [0.3, 0.4) is 0 Å². The molecule has 0 radical (unpaired) electrons. The van der Waals surface area contributed by atoms with Gasteiger partial charge in [0.25, 0.3) is 5.91 Å². The first kappa shape index (κ1) is 13.8. The minimum absolute atomic E-state index is 0.196. The van der Waals surface area contributed by atoms with Crippen LogP contribution in [-0.2, 0) is 0 Å². The molecule has 0 saturated carbocycles. The van der Waals surface area contributed by atoms with Gasteiger partial charge in [-0.25, -0.2) is 0 Å². The molecule has 0 spiro atoms. The highest BCUT2D eigenvalue weighted by Crippen LogP contribution is 2.16. The minimum Gasteiger partial charge on any atom is -0.395 e. The monoisotopic (exact) mass is 264 g/mol. The number of pyridine rings is 1. The highest BCUT2D eigenvalue weighted by molar-refractivity contribution is 5.91. The molecule has 1 saturated heterocycles. The first-order valence-electron chi connectivity index (χ1n) is 6.54. The first-order chi connectivity index (χ1) is 9.20. The molecule has 0 atom stereocenters. The van der Waals surface area contributed by atoms with Gasteiger partial charge in [0.1, 0.15) is 5.69 Å². The summed E-state index contributed by atoms with van der Waals surface area (Å²) in [6.45, 7) is 4.63. The topological polar surface area (TPSA) is 82.7 Å². The number of rotatable bonds is 4. The van der Waals surface area contributed by atoms with Crippen LogP contribution in [-0.4, -0.2) is 60.2 Å². The Balaban J connectivity index is 2.05. The molecule has 1 aliphatic rings.